The molecule has 6 nitrogen and oxygen atoms in total. The highest BCUT2D eigenvalue weighted by molar-refractivity contribution is 14.1. The molecule has 0 radical (unpaired) electrons. The third-order valence-electron chi connectivity index (χ3n) is 6.15. The third kappa shape index (κ3) is 5.78. The Morgan fingerprint density at radius 3 is 1.73 bits per heavy atom. The molecule has 2 N–H and O–H groups in total. The number of halogens is 1. The molecule has 0 spiro atoms. The molecule has 7 heteroatoms. The van der Waals surface area contributed by atoms with Gasteiger partial charge in [-0.05, 0) is 46.6 Å². The number of hydrogen-bond donors (Lipinski definition) is 2. The molecule has 7 atom stereocenters. The maximum absolute atomic E-state index is 10.6. The highest BCUT2D eigenvalue weighted by Gasteiger charge is 2.51. The van der Waals surface area contributed by atoms with Crippen LogP contribution in [0.25, 0.3) is 0 Å². The average Bonchev–Trinajstić information content (AvgIpc) is 2.84. The van der Waals surface area contributed by atoms with Gasteiger partial charge in [0.2, 0.25) is 0 Å². The lowest BCUT2D eigenvalue weighted by molar-refractivity contribution is -0.376. The van der Waals surface area contributed by atoms with E-state index in [0.29, 0.717) is 0 Å². The number of alkyl halides is 1. The summed E-state index contributed by atoms with van der Waals surface area (Å²) in [5.74, 6) is 0. The summed E-state index contributed by atoms with van der Waals surface area (Å²) in [7, 11) is 0. The Hall–Kier alpha value is -1.07. The molecule has 2 aromatic carbocycles. The van der Waals surface area contributed by atoms with Gasteiger partial charge in [0.1, 0.15) is 28.5 Å². The predicted molar refractivity (Wildman–Crippen MR) is 133 cm³/mol. The zero-order valence-corrected chi connectivity index (χ0v) is 21.3. The molecule has 2 aliphatic rings. The quantitative estimate of drug-likeness (QED) is 0.358. The number of aliphatic hydroxyl groups is 2. The number of benzene rings is 2. The van der Waals surface area contributed by atoms with E-state index in [4.69, 9.17) is 18.9 Å². The van der Waals surface area contributed by atoms with Gasteiger partial charge in [0, 0.05) is 11.1 Å². The Bertz CT molecular complexity index is 873. The Balaban J connectivity index is 1.54. The van der Waals surface area contributed by atoms with E-state index in [1.165, 1.54) is 11.1 Å². The normalized spacial score (nSPS) is 30.6. The summed E-state index contributed by atoms with van der Waals surface area (Å²) in [5, 5.41) is 20.3. The van der Waals surface area contributed by atoms with Gasteiger partial charge < -0.3 is 29.2 Å². The summed E-state index contributed by atoms with van der Waals surface area (Å²) in [5.41, 5.74) is 4.29. The van der Waals surface area contributed by atoms with Crippen molar-refractivity contribution in [1.29, 1.82) is 0 Å². The second kappa shape index (κ2) is 11.6. The van der Waals surface area contributed by atoms with Gasteiger partial charge in [-0.1, -0.05) is 75.2 Å². The minimum Gasteiger partial charge on any atom is -0.394 e. The van der Waals surface area contributed by atoms with Crippen LogP contribution in [0.2, 0.25) is 0 Å². The fourth-order valence-corrected chi connectivity index (χ4v) is 5.23. The van der Waals surface area contributed by atoms with Crippen molar-refractivity contribution in [3.8, 4) is 0 Å². The fourth-order valence-electron chi connectivity index (χ4n) is 4.38. The Morgan fingerprint density at radius 2 is 1.24 bits per heavy atom. The van der Waals surface area contributed by atoms with Crippen LogP contribution < -0.4 is 0 Å². The minimum atomic E-state index is -1.10. The van der Waals surface area contributed by atoms with Gasteiger partial charge in [-0.3, -0.25) is 0 Å². The van der Waals surface area contributed by atoms with Crippen molar-refractivity contribution >= 4 is 22.6 Å². The summed E-state index contributed by atoms with van der Waals surface area (Å²) in [6.07, 6.45) is 0.0402. The van der Waals surface area contributed by atoms with Crippen LogP contribution in [0.4, 0.5) is 0 Å². The zero-order chi connectivity index (χ0) is 23.4. The standard InChI is InChI=1S/C26H33IO6/c1-3-5-16-7-11-18(12-8-16)25-30-21(20(29)15-28)22-23(32-25)24(27)33-26(31-22)19-13-9-17(6-4-2)10-14-19/h7-14,20-26,28-29H,3-6,15H2,1-2H3. The molecule has 0 amide bonds. The van der Waals surface area contributed by atoms with E-state index in [2.05, 4.69) is 60.7 Å². The van der Waals surface area contributed by atoms with Gasteiger partial charge in [-0.25, -0.2) is 0 Å². The number of ether oxygens (including phenoxy) is 4. The van der Waals surface area contributed by atoms with Gasteiger partial charge in [-0.15, -0.1) is 0 Å². The number of hydrogen-bond acceptors (Lipinski definition) is 6. The van der Waals surface area contributed by atoms with Crippen LogP contribution in [-0.4, -0.2) is 45.3 Å². The molecule has 33 heavy (non-hydrogen) atoms. The molecular weight excluding hydrogens is 535 g/mol. The van der Waals surface area contributed by atoms with Crippen LogP contribution in [0, 0.1) is 0 Å². The molecule has 2 heterocycles. The van der Waals surface area contributed by atoms with Gasteiger partial charge >= 0.3 is 0 Å². The fraction of sp³-hybridized carbons (Fsp3) is 0.538. The highest BCUT2D eigenvalue weighted by atomic mass is 127. The van der Waals surface area contributed by atoms with Crippen molar-refractivity contribution in [1.82, 2.24) is 0 Å². The topological polar surface area (TPSA) is 77.4 Å². The molecule has 7 unspecified atom stereocenters. The van der Waals surface area contributed by atoms with Crippen molar-refractivity contribution in [2.75, 3.05) is 6.61 Å². The first-order valence-electron chi connectivity index (χ1n) is 11.8. The zero-order valence-electron chi connectivity index (χ0n) is 19.1. The molecule has 0 aliphatic carbocycles. The molecule has 2 saturated heterocycles. The molecule has 2 aromatic rings. The van der Waals surface area contributed by atoms with Crippen LogP contribution in [0.5, 0.6) is 0 Å². The first kappa shape index (κ1) is 25.0. The SMILES string of the molecule is CCCc1ccc(C2OC(C(O)CO)C3OC(c4ccc(CCC)cc4)OC(I)C3O2)cc1. The van der Waals surface area contributed by atoms with E-state index in [0.717, 1.165) is 36.8 Å². The second-order valence-electron chi connectivity index (χ2n) is 8.69. The number of aliphatic hydroxyl groups excluding tert-OH is 2. The summed E-state index contributed by atoms with van der Waals surface area (Å²) in [6.45, 7) is 3.88. The molecule has 0 aromatic heterocycles. The summed E-state index contributed by atoms with van der Waals surface area (Å²) >= 11 is 2.22. The van der Waals surface area contributed by atoms with Crippen molar-refractivity contribution in [2.45, 2.75) is 80.6 Å². The van der Waals surface area contributed by atoms with Crippen LogP contribution in [0.3, 0.4) is 0 Å². The van der Waals surface area contributed by atoms with E-state index in [1.807, 2.05) is 24.3 Å². The first-order valence-corrected chi connectivity index (χ1v) is 13.0. The monoisotopic (exact) mass is 568 g/mol. The molecular formula is C26H33IO6. The van der Waals surface area contributed by atoms with Crippen LogP contribution in [0.1, 0.15) is 61.5 Å². The van der Waals surface area contributed by atoms with Gasteiger partial charge in [0.25, 0.3) is 0 Å². The Morgan fingerprint density at radius 1 is 0.758 bits per heavy atom. The lowest BCUT2D eigenvalue weighted by Gasteiger charge is -2.48. The third-order valence-corrected chi connectivity index (χ3v) is 7.15. The van der Waals surface area contributed by atoms with Crippen molar-refractivity contribution < 1.29 is 29.2 Å². The van der Waals surface area contributed by atoms with Crippen LogP contribution >= 0.6 is 22.6 Å². The predicted octanol–water partition coefficient (Wildman–Crippen LogP) is 4.60. The molecule has 4 rings (SSSR count). The van der Waals surface area contributed by atoms with Crippen molar-refractivity contribution in [2.24, 2.45) is 0 Å². The van der Waals surface area contributed by atoms with Crippen molar-refractivity contribution in [3.63, 3.8) is 0 Å². The maximum atomic E-state index is 10.6. The van der Waals surface area contributed by atoms with E-state index in [-0.39, 0.29) is 4.11 Å². The lowest BCUT2D eigenvalue weighted by Crippen LogP contribution is -2.60. The average molecular weight is 568 g/mol. The van der Waals surface area contributed by atoms with E-state index in [1.54, 1.807) is 0 Å². The van der Waals surface area contributed by atoms with E-state index in [9.17, 15) is 10.2 Å². The van der Waals surface area contributed by atoms with Gasteiger partial charge in [-0.2, -0.15) is 0 Å². The van der Waals surface area contributed by atoms with Crippen LogP contribution in [0.15, 0.2) is 48.5 Å². The Labute approximate surface area is 209 Å². The van der Waals surface area contributed by atoms with E-state index >= 15 is 0 Å². The molecule has 2 fully saturated rings. The summed E-state index contributed by atoms with van der Waals surface area (Å²) in [4.78, 5) is 0. The molecule has 180 valence electrons. The molecule has 0 saturated carbocycles. The summed E-state index contributed by atoms with van der Waals surface area (Å²) in [6, 6.07) is 16.3. The highest BCUT2D eigenvalue weighted by Crippen LogP contribution is 2.43. The first-order chi connectivity index (χ1) is 16.0. The second-order valence-corrected chi connectivity index (χ2v) is 9.91. The van der Waals surface area contributed by atoms with E-state index < -0.39 is 43.6 Å². The molecule has 2 aliphatic heterocycles. The smallest absolute Gasteiger partial charge is 0.185 e. The molecule has 0 bridgehead atoms. The van der Waals surface area contributed by atoms with Crippen LogP contribution in [-0.2, 0) is 31.8 Å². The number of rotatable bonds is 8. The Kier molecular flexibility index (Phi) is 8.78. The minimum absolute atomic E-state index is 0.319. The lowest BCUT2D eigenvalue weighted by atomic mass is 9.99. The van der Waals surface area contributed by atoms with Crippen molar-refractivity contribution in [3.05, 3.63) is 70.8 Å². The van der Waals surface area contributed by atoms with Gasteiger partial charge in [0.15, 0.2) is 12.6 Å². The number of fused-ring (bicyclic) bond motifs is 1. The maximum Gasteiger partial charge on any atom is 0.185 e. The van der Waals surface area contributed by atoms with Gasteiger partial charge in [0.05, 0.1) is 6.61 Å². The largest absolute Gasteiger partial charge is 0.394 e. The summed E-state index contributed by atoms with van der Waals surface area (Å²) < 4.78 is 24.6. The number of aryl methyl sites for hydroxylation is 2.